The molecule has 0 fully saturated rings. The van der Waals surface area contributed by atoms with Gasteiger partial charge in [0.05, 0.1) is 0 Å². The van der Waals surface area contributed by atoms with Crippen molar-refractivity contribution < 1.29 is 44.5 Å². The maximum absolute atomic E-state index is 8.46. The molecule has 5 heavy (non-hydrogen) atoms. The van der Waals surface area contributed by atoms with Gasteiger partial charge in [-0.05, 0) is 0 Å². The second-order valence-electron chi connectivity index (χ2n) is 0.0816. The first kappa shape index (κ1) is 16.6. The summed E-state index contributed by atoms with van der Waals surface area (Å²) >= 11 is 0. The van der Waals surface area contributed by atoms with E-state index in [9.17, 15) is 0 Å². The summed E-state index contributed by atoms with van der Waals surface area (Å²) < 4.78 is 8.46. The molecule has 0 aliphatic rings. The molecule has 0 atom stereocenters. The fraction of sp³-hybridized carbons (Fsp3) is 0. The molecule has 0 aliphatic heterocycles. The average Bonchev–Trinajstić information content (AvgIpc) is 0.918. The molecule has 0 spiro atoms. The molecule has 26 valence electrons. The summed E-state index contributed by atoms with van der Waals surface area (Å²) in [5.41, 5.74) is 0. The van der Waals surface area contributed by atoms with E-state index in [1.807, 2.05) is 0 Å². The molecule has 0 aliphatic carbocycles. The predicted octanol–water partition coefficient (Wildman–Crippen LogP) is -3.64. The van der Waals surface area contributed by atoms with Crippen molar-refractivity contribution in [2.24, 2.45) is 0 Å². The van der Waals surface area contributed by atoms with Crippen LogP contribution in [0.15, 0.2) is 0 Å². The van der Waals surface area contributed by atoms with E-state index >= 15 is 0 Å². The standard InChI is InChI=1S/Na.HO2P.H2O/c;1-3-2;/h;(H,1,2);1H2/q+1;;. The Balaban J connectivity index is -0.0000000200. The van der Waals surface area contributed by atoms with Crippen LogP contribution in [0, 0.1) is 0 Å². The molecule has 0 radical (unpaired) electrons. The Kier molecular flexibility index (Phi) is 66.1. The van der Waals surface area contributed by atoms with Gasteiger partial charge in [0, 0.05) is 0 Å². The van der Waals surface area contributed by atoms with Crippen LogP contribution in [0.3, 0.4) is 0 Å². The van der Waals surface area contributed by atoms with Crippen LogP contribution in [0.1, 0.15) is 0 Å². The zero-order chi connectivity index (χ0) is 2.71. The van der Waals surface area contributed by atoms with Gasteiger partial charge in [-0.25, -0.2) is 4.57 Å². The average molecular weight is 105 g/mol. The Bertz CT molecular complexity index is 14.4. The van der Waals surface area contributed by atoms with Crippen molar-refractivity contribution in [1.29, 1.82) is 0 Å². The Morgan fingerprint density at radius 1 is 1.60 bits per heavy atom. The van der Waals surface area contributed by atoms with Crippen LogP contribution < -0.4 is 29.6 Å². The molecule has 0 aromatic heterocycles. The van der Waals surface area contributed by atoms with Crippen LogP contribution in [-0.4, -0.2) is 10.4 Å². The molecule has 0 saturated heterocycles. The van der Waals surface area contributed by atoms with Crippen molar-refractivity contribution in [3.63, 3.8) is 0 Å². The van der Waals surface area contributed by atoms with Gasteiger partial charge in [0.15, 0.2) is 0 Å². The van der Waals surface area contributed by atoms with Crippen LogP contribution in [0.2, 0.25) is 0 Å². The Morgan fingerprint density at radius 3 is 1.60 bits per heavy atom. The molecule has 0 amide bonds. The predicted molar refractivity (Wildman–Crippen MR) is 13.4 cm³/mol. The minimum absolute atomic E-state index is 0. The van der Waals surface area contributed by atoms with Gasteiger partial charge in [-0.2, -0.15) is 0 Å². The summed E-state index contributed by atoms with van der Waals surface area (Å²) in [6, 6.07) is 0. The topological polar surface area (TPSA) is 68.8 Å². The van der Waals surface area contributed by atoms with Gasteiger partial charge in [-0.15, -0.1) is 0 Å². The summed E-state index contributed by atoms with van der Waals surface area (Å²) in [5, 5.41) is 0. The van der Waals surface area contributed by atoms with Gasteiger partial charge >= 0.3 is 38.2 Å². The summed E-state index contributed by atoms with van der Waals surface area (Å²) in [6.45, 7) is 0. The van der Waals surface area contributed by atoms with Crippen LogP contribution in [0.4, 0.5) is 0 Å². The van der Waals surface area contributed by atoms with Gasteiger partial charge in [0.25, 0.3) is 0 Å². The fourth-order valence-electron chi connectivity index (χ4n) is 0. The van der Waals surface area contributed by atoms with E-state index in [1.54, 1.807) is 0 Å². The number of hydrogen-bond acceptors (Lipinski definition) is 1. The van der Waals surface area contributed by atoms with E-state index in [0.717, 1.165) is 0 Å². The van der Waals surface area contributed by atoms with Crippen molar-refractivity contribution in [3.8, 4) is 0 Å². The SMILES string of the molecule is O.O=PO.[Na+]. The maximum atomic E-state index is 8.46. The smallest absolute Gasteiger partial charge is 0.412 e. The first-order valence-electron chi connectivity index (χ1n) is 0.383. The minimum Gasteiger partial charge on any atom is -0.412 e. The molecule has 5 heteroatoms. The van der Waals surface area contributed by atoms with E-state index in [0.29, 0.717) is 0 Å². The molecular weight excluding hydrogens is 102 g/mol. The first-order valence-corrected chi connectivity index (χ1v) is 1.15. The molecule has 3 N–H and O–H groups in total. The van der Waals surface area contributed by atoms with E-state index in [-0.39, 0.29) is 35.0 Å². The fourth-order valence-corrected chi connectivity index (χ4v) is 0. The third-order valence-corrected chi connectivity index (χ3v) is 0. The largest absolute Gasteiger partial charge is 1.00 e. The Labute approximate surface area is 53.3 Å². The minimum atomic E-state index is -0.833. The zero-order valence-corrected chi connectivity index (χ0v) is 5.70. The molecule has 0 saturated carbocycles. The summed E-state index contributed by atoms with van der Waals surface area (Å²) in [7, 11) is -0.833. The molecule has 3 nitrogen and oxygen atoms in total. The van der Waals surface area contributed by atoms with Gasteiger partial charge in [0.2, 0.25) is 0 Å². The maximum Gasteiger partial charge on any atom is 1.00 e. The number of rotatable bonds is 0. The van der Waals surface area contributed by atoms with Crippen molar-refractivity contribution >= 4 is 8.69 Å². The number of hydrogen-bond donors (Lipinski definition) is 1. The quantitative estimate of drug-likeness (QED) is 0.255. The molecule has 0 aromatic carbocycles. The second kappa shape index (κ2) is 19.9. The zero-order valence-electron chi connectivity index (χ0n) is 2.80. The summed E-state index contributed by atoms with van der Waals surface area (Å²) in [6.07, 6.45) is 0. The second-order valence-corrected chi connectivity index (χ2v) is 0.245. The third kappa shape index (κ3) is 44.0. The van der Waals surface area contributed by atoms with E-state index in [4.69, 9.17) is 9.46 Å². The molecule has 0 unspecified atom stereocenters. The molecule has 0 aromatic rings. The van der Waals surface area contributed by atoms with Crippen LogP contribution in [-0.2, 0) is 4.57 Å². The molecule has 0 rings (SSSR count). The summed E-state index contributed by atoms with van der Waals surface area (Å²) in [5.74, 6) is 0. The third-order valence-electron chi connectivity index (χ3n) is 0. The molecular formula is H3NaO3P+. The monoisotopic (exact) mass is 105 g/mol. The molecule has 0 bridgehead atoms. The van der Waals surface area contributed by atoms with Crippen molar-refractivity contribution in [1.82, 2.24) is 0 Å². The van der Waals surface area contributed by atoms with Gasteiger partial charge in [0.1, 0.15) is 0 Å². The van der Waals surface area contributed by atoms with Crippen molar-refractivity contribution in [2.75, 3.05) is 0 Å². The summed E-state index contributed by atoms with van der Waals surface area (Å²) in [4.78, 5) is 6.99. The van der Waals surface area contributed by atoms with Gasteiger partial charge in [-0.1, -0.05) is 0 Å². The Hall–Kier alpha value is 1.02. The normalized spacial score (nSPS) is 4.20. The van der Waals surface area contributed by atoms with Crippen molar-refractivity contribution in [3.05, 3.63) is 0 Å². The first-order chi connectivity index (χ1) is 1.41. The van der Waals surface area contributed by atoms with Crippen LogP contribution >= 0.6 is 8.69 Å². The van der Waals surface area contributed by atoms with Crippen molar-refractivity contribution in [2.45, 2.75) is 0 Å². The van der Waals surface area contributed by atoms with E-state index in [2.05, 4.69) is 0 Å². The van der Waals surface area contributed by atoms with Crippen LogP contribution in [0.25, 0.3) is 0 Å². The molecule has 0 heterocycles. The van der Waals surface area contributed by atoms with Gasteiger partial charge < -0.3 is 10.4 Å². The van der Waals surface area contributed by atoms with E-state index < -0.39 is 8.69 Å². The van der Waals surface area contributed by atoms with Crippen LogP contribution in [0.5, 0.6) is 0 Å². The van der Waals surface area contributed by atoms with Gasteiger partial charge in [-0.3, -0.25) is 0 Å². The van der Waals surface area contributed by atoms with E-state index in [1.165, 1.54) is 0 Å². The Morgan fingerprint density at radius 2 is 1.60 bits per heavy atom.